The molecule has 1 aliphatic heterocycles. The Kier molecular flexibility index (Phi) is 5.83. The highest BCUT2D eigenvalue weighted by molar-refractivity contribution is 7.20. The van der Waals surface area contributed by atoms with Gasteiger partial charge in [0.15, 0.2) is 11.5 Å². The maximum atomic E-state index is 11.7. The quantitative estimate of drug-likeness (QED) is 0.387. The van der Waals surface area contributed by atoms with Crippen LogP contribution in [0, 0.1) is 6.92 Å². The number of hydrogen-bond donors (Lipinski definition) is 2. The number of rotatable bonds is 8. The number of carboxylic acid groups (broad SMARTS) is 1. The van der Waals surface area contributed by atoms with Gasteiger partial charge in [-0.1, -0.05) is 36.4 Å². The number of hydrogen-bond acceptors (Lipinski definition) is 7. The first-order valence-corrected chi connectivity index (χ1v) is 11.6. The van der Waals surface area contributed by atoms with Crippen LogP contribution in [0.15, 0.2) is 48.5 Å². The first-order valence-electron chi connectivity index (χ1n) is 10.8. The average Bonchev–Trinajstić information content (AvgIpc) is 3.42. The number of anilines is 1. The molecule has 168 valence electrons. The Morgan fingerprint density at radius 1 is 1.03 bits per heavy atom. The molecule has 8 heteroatoms. The first kappa shape index (κ1) is 21.2. The van der Waals surface area contributed by atoms with E-state index >= 15 is 0 Å². The van der Waals surface area contributed by atoms with Crippen molar-refractivity contribution in [2.24, 2.45) is 0 Å². The Morgan fingerprint density at radius 3 is 2.67 bits per heavy atom. The number of aryl methyl sites for hydroxylation is 3. The van der Waals surface area contributed by atoms with Crippen LogP contribution in [0.25, 0.3) is 10.2 Å². The van der Waals surface area contributed by atoms with Gasteiger partial charge in [0.05, 0.1) is 5.39 Å². The molecule has 1 aliphatic rings. The summed E-state index contributed by atoms with van der Waals surface area (Å²) in [6.45, 7) is 2.71. The van der Waals surface area contributed by atoms with Crippen molar-refractivity contribution in [3.05, 3.63) is 75.9 Å². The van der Waals surface area contributed by atoms with E-state index in [0.29, 0.717) is 39.9 Å². The maximum Gasteiger partial charge on any atom is 0.346 e. The van der Waals surface area contributed by atoms with Crippen molar-refractivity contribution in [1.82, 2.24) is 9.97 Å². The third kappa shape index (κ3) is 4.47. The Hall–Kier alpha value is -3.65. The number of aromatic nitrogens is 2. The number of ether oxygens (including phenoxy) is 2. The molecule has 0 aliphatic carbocycles. The second-order valence-corrected chi connectivity index (χ2v) is 8.88. The van der Waals surface area contributed by atoms with E-state index in [1.165, 1.54) is 16.9 Å². The van der Waals surface area contributed by atoms with Crippen molar-refractivity contribution >= 4 is 33.3 Å². The second kappa shape index (κ2) is 9.07. The van der Waals surface area contributed by atoms with Gasteiger partial charge in [0, 0.05) is 13.0 Å². The highest BCUT2D eigenvalue weighted by Gasteiger charge is 2.20. The highest BCUT2D eigenvalue weighted by atomic mass is 32.1. The predicted molar refractivity (Wildman–Crippen MR) is 128 cm³/mol. The van der Waals surface area contributed by atoms with Crippen LogP contribution >= 0.6 is 11.3 Å². The number of carbonyl (C=O) groups is 1. The van der Waals surface area contributed by atoms with Gasteiger partial charge in [-0.25, -0.2) is 14.8 Å². The number of nitrogens with zero attached hydrogens (tertiary/aromatic N) is 2. The fraction of sp³-hybridized carbons (Fsp3) is 0.240. The van der Waals surface area contributed by atoms with Crippen LogP contribution in [0.4, 0.5) is 5.82 Å². The molecule has 0 bridgehead atoms. The Morgan fingerprint density at radius 2 is 1.85 bits per heavy atom. The number of aromatic carboxylic acids is 1. The SMILES string of the molecule is Cc1c(C(=O)O)sc2nc(CCc3ccccc3)nc(NCCc3ccc4c(c3)OCO4)c12. The molecule has 5 rings (SSSR count). The smallest absolute Gasteiger partial charge is 0.346 e. The summed E-state index contributed by atoms with van der Waals surface area (Å²) in [7, 11) is 0. The van der Waals surface area contributed by atoms with Crippen LogP contribution in [-0.4, -0.2) is 34.4 Å². The van der Waals surface area contributed by atoms with Gasteiger partial charge in [0.1, 0.15) is 21.3 Å². The molecule has 2 aromatic carbocycles. The van der Waals surface area contributed by atoms with Gasteiger partial charge in [-0.2, -0.15) is 0 Å². The summed E-state index contributed by atoms with van der Waals surface area (Å²) in [5.74, 6) is 1.98. The molecule has 3 heterocycles. The van der Waals surface area contributed by atoms with Crippen LogP contribution in [0.5, 0.6) is 11.5 Å². The summed E-state index contributed by atoms with van der Waals surface area (Å²) in [6, 6.07) is 16.1. The average molecular weight is 462 g/mol. The molecule has 0 saturated heterocycles. The lowest BCUT2D eigenvalue weighted by molar-refractivity contribution is 0.0701. The van der Waals surface area contributed by atoms with Gasteiger partial charge < -0.3 is 19.9 Å². The minimum absolute atomic E-state index is 0.255. The van der Waals surface area contributed by atoms with Crippen molar-refractivity contribution in [3.63, 3.8) is 0 Å². The summed E-state index contributed by atoms with van der Waals surface area (Å²) >= 11 is 1.20. The molecule has 7 nitrogen and oxygen atoms in total. The molecule has 4 aromatic rings. The van der Waals surface area contributed by atoms with Crippen LogP contribution in [0.1, 0.15) is 32.2 Å². The molecule has 33 heavy (non-hydrogen) atoms. The van der Waals surface area contributed by atoms with Crippen LogP contribution < -0.4 is 14.8 Å². The van der Waals surface area contributed by atoms with Gasteiger partial charge in [-0.05, 0) is 48.6 Å². The summed E-state index contributed by atoms with van der Waals surface area (Å²) < 4.78 is 10.8. The van der Waals surface area contributed by atoms with E-state index in [1.54, 1.807) is 0 Å². The lowest BCUT2D eigenvalue weighted by Gasteiger charge is -2.10. The monoisotopic (exact) mass is 461 g/mol. The molecular formula is C25H23N3O4S. The van der Waals surface area contributed by atoms with E-state index in [4.69, 9.17) is 19.4 Å². The minimum atomic E-state index is -0.937. The number of benzene rings is 2. The predicted octanol–water partition coefficient (Wildman–Crippen LogP) is 4.87. The van der Waals surface area contributed by atoms with Gasteiger partial charge >= 0.3 is 5.97 Å². The molecule has 0 saturated carbocycles. The van der Waals surface area contributed by atoms with Crippen molar-refractivity contribution in [2.75, 3.05) is 18.7 Å². The van der Waals surface area contributed by atoms with Crippen molar-refractivity contribution in [1.29, 1.82) is 0 Å². The molecule has 2 N–H and O–H groups in total. The van der Waals surface area contributed by atoms with Crippen LogP contribution in [-0.2, 0) is 19.3 Å². The van der Waals surface area contributed by atoms with E-state index in [1.807, 2.05) is 43.3 Å². The Labute approximate surface area is 195 Å². The largest absolute Gasteiger partial charge is 0.477 e. The lowest BCUT2D eigenvalue weighted by Crippen LogP contribution is -2.09. The topological polar surface area (TPSA) is 93.6 Å². The van der Waals surface area contributed by atoms with Gasteiger partial charge in [-0.3, -0.25) is 0 Å². The van der Waals surface area contributed by atoms with E-state index in [-0.39, 0.29) is 6.79 Å². The van der Waals surface area contributed by atoms with Crippen molar-refractivity contribution in [2.45, 2.75) is 26.2 Å². The van der Waals surface area contributed by atoms with Crippen LogP contribution in [0.2, 0.25) is 0 Å². The zero-order chi connectivity index (χ0) is 22.8. The molecule has 0 amide bonds. The summed E-state index contributed by atoms with van der Waals surface area (Å²) in [5.41, 5.74) is 3.03. The molecule has 0 radical (unpaired) electrons. The molecule has 0 atom stereocenters. The molecule has 0 unspecified atom stereocenters. The van der Waals surface area contributed by atoms with Gasteiger partial charge in [-0.15, -0.1) is 11.3 Å². The first-order chi connectivity index (χ1) is 16.1. The molecule has 0 spiro atoms. The highest BCUT2D eigenvalue weighted by Crippen LogP contribution is 2.35. The molecule has 2 aromatic heterocycles. The zero-order valence-corrected chi connectivity index (χ0v) is 18.9. The number of fused-ring (bicyclic) bond motifs is 2. The number of nitrogens with one attached hydrogen (secondary N) is 1. The van der Waals surface area contributed by atoms with E-state index in [9.17, 15) is 9.90 Å². The van der Waals surface area contributed by atoms with Gasteiger partial charge in [0.25, 0.3) is 0 Å². The number of carboxylic acids is 1. The second-order valence-electron chi connectivity index (χ2n) is 7.88. The normalized spacial score (nSPS) is 12.3. The Balaban J connectivity index is 1.39. The van der Waals surface area contributed by atoms with E-state index in [0.717, 1.165) is 35.3 Å². The number of thiophene rings is 1. The molecule has 0 fully saturated rings. The fourth-order valence-electron chi connectivity index (χ4n) is 3.95. The lowest BCUT2D eigenvalue weighted by atomic mass is 10.1. The van der Waals surface area contributed by atoms with Crippen molar-refractivity contribution < 1.29 is 19.4 Å². The van der Waals surface area contributed by atoms with E-state index < -0.39 is 5.97 Å². The van der Waals surface area contributed by atoms with E-state index in [2.05, 4.69) is 17.4 Å². The summed E-state index contributed by atoms with van der Waals surface area (Å²) in [6.07, 6.45) is 2.26. The van der Waals surface area contributed by atoms with Gasteiger partial charge in [0.2, 0.25) is 6.79 Å². The minimum Gasteiger partial charge on any atom is -0.477 e. The Bertz CT molecular complexity index is 1320. The van der Waals surface area contributed by atoms with Crippen LogP contribution in [0.3, 0.4) is 0 Å². The summed E-state index contributed by atoms with van der Waals surface area (Å²) in [4.78, 5) is 22.2. The maximum absolute atomic E-state index is 11.7. The fourth-order valence-corrected chi connectivity index (χ4v) is 4.99. The third-order valence-corrected chi connectivity index (χ3v) is 6.83. The standard InChI is InChI=1S/C25H23N3O4S/c1-15-21-23(26-12-11-17-7-9-18-19(13-17)32-14-31-18)27-20(10-8-16-5-3-2-4-6-16)28-24(21)33-22(15)25(29)30/h2-7,9,13H,8,10-12,14H2,1H3,(H,29,30)(H,26,27,28). The zero-order valence-electron chi connectivity index (χ0n) is 18.1. The third-order valence-electron chi connectivity index (χ3n) is 5.65. The molecular weight excluding hydrogens is 438 g/mol. The van der Waals surface area contributed by atoms with Crippen molar-refractivity contribution in [3.8, 4) is 11.5 Å². The summed E-state index contributed by atoms with van der Waals surface area (Å²) in [5, 5.41) is 13.8.